The van der Waals surface area contributed by atoms with Crippen LogP contribution in [0, 0.1) is 0 Å². The molecule has 6 heteroatoms. The van der Waals surface area contributed by atoms with E-state index >= 15 is 0 Å². The maximum atomic E-state index is 12.6. The maximum absolute atomic E-state index is 12.6. The number of methoxy groups -OCH3 is 1. The highest BCUT2D eigenvalue weighted by Gasteiger charge is 2.15. The van der Waals surface area contributed by atoms with Gasteiger partial charge in [0.1, 0.15) is 0 Å². The molecule has 1 aromatic heterocycles. The first-order valence-electron chi connectivity index (χ1n) is 7.05. The van der Waals surface area contributed by atoms with Gasteiger partial charge in [0, 0.05) is 43.3 Å². The van der Waals surface area contributed by atoms with Gasteiger partial charge in [-0.05, 0) is 18.6 Å². The van der Waals surface area contributed by atoms with E-state index in [-0.39, 0.29) is 5.91 Å². The molecule has 0 aliphatic heterocycles. The Morgan fingerprint density at radius 1 is 1.41 bits per heavy atom. The van der Waals surface area contributed by atoms with E-state index < -0.39 is 0 Å². The van der Waals surface area contributed by atoms with Crippen molar-refractivity contribution in [2.75, 3.05) is 27.3 Å². The number of carbonyl (C=O) groups excluding carboxylic acids is 1. The van der Waals surface area contributed by atoms with Crippen molar-refractivity contribution in [3.8, 4) is 0 Å². The Morgan fingerprint density at radius 2 is 2.23 bits per heavy atom. The molecule has 0 bridgehead atoms. The Morgan fingerprint density at radius 3 is 2.95 bits per heavy atom. The van der Waals surface area contributed by atoms with Gasteiger partial charge in [-0.2, -0.15) is 0 Å². The number of amides is 1. The van der Waals surface area contributed by atoms with Crippen molar-refractivity contribution in [2.24, 2.45) is 0 Å². The van der Waals surface area contributed by atoms with E-state index in [1.165, 1.54) is 0 Å². The molecule has 0 saturated carbocycles. The summed E-state index contributed by atoms with van der Waals surface area (Å²) in [6.07, 6.45) is 0.840. The molecule has 0 N–H and O–H groups in total. The molecule has 1 amide bonds. The molecule has 2 aromatic rings. The summed E-state index contributed by atoms with van der Waals surface area (Å²) in [4.78, 5) is 19.6. The molecule has 2 rings (SSSR count). The summed E-state index contributed by atoms with van der Waals surface area (Å²) in [6, 6.07) is 7.75. The molecular formula is C16H20N2O2S2. The second-order valence-electron chi connectivity index (χ2n) is 4.84. The number of nitrogens with zero attached hydrogens (tertiary/aromatic N) is 2. The highest BCUT2D eigenvalue weighted by Crippen LogP contribution is 2.27. The zero-order valence-electron chi connectivity index (χ0n) is 12.8. The van der Waals surface area contributed by atoms with Gasteiger partial charge < -0.3 is 9.64 Å². The molecule has 0 aliphatic carbocycles. The summed E-state index contributed by atoms with van der Waals surface area (Å²) in [7, 11) is 3.51. The summed E-state index contributed by atoms with van der Waals surface area (Å²) in [5.74, 6) is 0.832. The molecule has 0 saturated heterocycles. The van der Waals surface area contributed by atoms with Gasteiger partial charge in [-0.15, -0.1) is 23.1 Å². The van der Waals surface area contributed by atoms with Crippen LogP contribution in [0.25, 0.3) is 0 Å². The lowest BCUT2D eigenvalue weighted by Gasteiger charge is -2.18. The Bertz CT molecular complexity index is 588. The fourth-order valence-corrected chi connectivity index (χ4v) is 3.59. The lowest BCUT2D eigenvalue weighted by molar-refractivity contribution is 0.0776. The Balaban J connectivity index is 2.01. The molecule has 118 valence electrons. The quantitative estimate of drug-likeness (QED) is 0.546. The van der Waals surface area contributed by atoms with Gasteiger partial charge in [0.05, 0.1) is 16.8 Å². The molecule has 0 unspecified atom stereocenters. The molecule has 1 aromatic carbocycles. The second kappa shape index (κ2) is 8.92. The van der Waals surface area contributed by atoms with Crippen LogP contribution in [0.1, 0.15) is 22.5 Å². The number of carbonyl (C=O) groups is 1. The fourth-order valence-electron chi connectivity index (χ4n) is 1.98. The zero-order valence-corrected chi connectivity index (χ0v) is 14.5. The molecular weight excluding hydrogens is 316 g/mol. The number of aromatic nitrogens is 1. The van der Waals surface area contributed by atoms with Crippen molar-refractivity contribution in [3.05, 3.63) is 46.4 Å². The third-order valence-electron chi connectivity index (χ3n) is 3.17. The van der Waals surface area contributed by atoms with Crippen molar-refractivity contribution in [1.29, 1.82) is 0 Å². The van der Waals surface area contributed by atoms with Crippen LogP contribution in [0.5, 0.6) is 0 Å². The summed E-state index contributed by atoms with van der Waals surface area (Å²) in [6.45, 7) is 1.36. The third-order valence-corrected chi connectivity index (χ3v) is 4.91. The average Bonchev–Trinajstić information content (AvgIpc) is 3.06. The zero-order chi connectivity index (χ0) is 15.8. The second-order valence-corrected chi connectivity index (χ2v) is 6.57. The van der Waals surface area contributed by atoms with Gasteiger partial charge in [0.2, 0.25) is 0 Å². The minimum absolute atomic E-state index is 0.0532. The average molecular weight is 336 g/mol. The minimum atomic E-state index is 0.0532. The Hall–Kier alpha value is -1.37. The predicted molar refractivity (Wildman–Crippen MR) is 91.6 cm³/mol. The number of hydrogen-bond donors (Lipinski definition) is 0. The van der Waals surface area contributed by atoms with Gasteiger partial charge >= 0.3 is 0 Å². The first-order valence-corrected chi connectivity index (χ1v) is 8.98. The minimum Gasteiger partial charge on any atom is -0.385 e. The topological polar surface area (TPSA) is 42.4 Å². The SMILES string of the molecule is COCCCN(C)C(=O)c1ccccc1SCc1cscn1. The number of hydrogen-bond acceptors (Lipinski definition) is 5. The number of rotatable bonds is 8. The van der Waals surface area contributed by atoms with E-state index in [1.807, 2.05) is 42.2 Å². The van der Waals surface area contributed by atoms with Crippen LogP contribution in [-0.2, 0) is 10.5 Å². The first-order chi connectivity index (χ1) is 10.7. The monoisotopic (exact) mass is 336 g/mol. The van der Waals surface area contributed by atoms with Crippen molar-refractivity contribution in [1.82, 2.24) is 9.88 Å². The summed E-state index contributed by atoms with van der Waals surface area (Å²) in [5, 5.41) is 2.04. The van der Waals surface area contributed by atoms with Gasteiger partial charge in [0.25, 0.3) is 5.91 Å². The normalized spacial score (nSPS) is 10.6. The van der Waals surface area contributed by atoms with E-state index in [0.717, 1.165) is 28.3 Å². The number of thiazole rings is 1. The highest BCUT2D eigenvalue weighted by atomic mass is 32.2. The highest BCUT2D eigenvalue weighted by molar-refractivity contribution is 7.98. The molecule has 1 heterocycles. The van der Waals surface area contributed by atoms with Crippen LogP contribution in [0.3, 0.4) is 0 Å². The fraction of sp³-hybridized carbons (Fsp3) is 0.375. The van der Waals surface area contributed by atoms with Crippen LogP contribution in [-0.4, -0.2) is 43.1 Å². The van der Waals surface area contributed by atoms with Gasteiger partial charge in [-0.3, -0.25) is 4.79 Å². The third kappa shape index (κ3) is 4.83. The molecule has 0 atom stereocenters. The van der Waals surface area contributed by atoms with Crippen molar-refractivity contribution < 1.29 is 9.53 Å². The lowest BCUT2D eigenvalue weighted by atomic mass is 10.2. The van der Waals surface area contributed by atoms with Crippen molar-refractivity contribution >= 4 is 29.0 Å². The molecule has 0 radical (unpaired) electrons. The van der Waals surface area contributed by atoms with E-state index in [9.17, 15) is 4.79 Å². The van der Waals surface area contributed by atoms with E-state index in [4.69, 9.17) is 4.74 Å². The van der Waals surface area contributed by atoms with Gasteiger partial charge in [0.15, 0.2) is 0 Å². The molecule has 0 aliphatic rings. The Labute approximate surface area is 139 Å². The van der Waals surface area contributed by atoms with Crippen LogP contribution in [0.4, 0.5) is 0 Å². The lowest BCUT2D eigenvalue weighted by Crippen LogP contribution is -2.28. The van der Waals surface area contributed by atoms with E-state index in [1.54, 1.807) is 35.1 Å². The summed E-state index contributed by atoms with van der Waals surface area (Å²) in [5.41, 5.74) is 3.63. The van der Waals surface area contributed by atoms with E-state index in [2.05, 4.69) is 4.98 Å². The molecule has 22 heavy (non-hydrogen) atoms. The maximum Gasteiger partial charge on any atom is 0.254 e. The van der Waals surface area contributed by atoms with E-state index in [0.29, 0.717) is 13.2 Å². The molecule has 0 fully saturated rings. The number of ether oxygens (including phenoxy) is 1. The largest absolute Gasteiger partial charge is 0.385 e. The summed E-state index contributed by atoms with van der Waals surface area (Å²) < 4.78 is 5.03. The Kier molecular flexibility index (Phi) is 6.89. The van der Waals surface area contributed by atoms with Gasteiger partial charge in [-0.1, -0.05) is 12.1 Å². The molecule has 0 spiro atoms. The van der Waals surface area contributed by atoms with Crippen LogP contribution >= 0.6 is 23.1 Å². The number of benzene rings is 1. The standard InChI is InChI=1S/C16H20N2O2S2/c1-18(8-5-9-20-2)16(19)14-6-3-4-7-15(14)22-11-13-10-21-12-17-13/h3-4,6-7,10,12H,5,8-9,11H2,1-2H3. The summed E-state index contributed by atoms with van der Waals surface area (Å²) >= 11 is 3.24. The predicted octanol–water partition coefficient (Wildman–Crippen LogP) is 3.54. The van der Waals surface area contributed by atoms with Crippen LogP contribution in [0.2, 0.25) is 0 Å². The number of thioether (sulfide) groups is 1. The van der Waals surface area contributed by atoms with Crippen molar-refractivity contribution in [3.63, 3.8) is 0 Å². The molecule has 4 nitrogen and oxygen atoms in total. The van der Waals surface area contributed by atoms with Crippen LogP contribution < -0.4 is 0 Å². The first kappa shape index (κ1) is 17.0. The smallest absolute Gasteiger partial charge is 0.254 e. The van der Waals surface area contributed by atoms with Crippen LogP contribution in [0.15, 0.2) is 40.1 Å². The van der Waals surface area contributed by atoms with Gasteiger partial charge in [-0.25, -0.2) is 4.98 Å². The van der Waals surface area contributed by atoms with Crippen molar-refractivity contribution in [2.45, 2.75) is 17.1 Å².